The zero-order valence-corrected chi connectivity index (χ0v) is 12.1. The molecule has 0 fully saturated rings. The largest absolute Gasteiger partial charge is 0.332 e. The molecule has 5 heteroatoms. The number of halogens is 1. The van der Waals surface area contributed by atoms with Crippen molar-refractivity contribution in [1.82, 2.24) is 4.98 Å². The zero-order chi connectivity index (χ0) is 15.0. The maximum Gasteiger partial charge on any atom is 0.332 e. The smallest absolute Gasteiger partial charge is 0.248 e. The Morgan fingerprint density at radius 2 is 1.76 bits per heavy atom. The van der Waals surface area contributed by atoms with E-state index in [0.717, 1.165) is 16.8 Å². The van der Waals surface area contributed by atoms with Crippen LogP contribution in [0.2, 0.25) is 0 Å². The summed E-state index contributed by atoms with van der Waals surface area (Å²) in [4.78, 5) is 4.17. The van der Waals surface area contributed by atoms with Crippen LogP contribution >= 0.6 is 0 Å². The van der Waals surface area contributed by atoms with Crippen LogP contribution in [0.1, 0.15) is 5.56 Å². The SMILES string of the molecule is Cc1ccccc1-c1ccc2cc(S(=O)(=O)F)ccc2n1. The number of hydrogen-bond donors (Lipinski definition) is 0. The molecule has 3 aromatic rings. The number of hydrogen-bond acceptors (Lipinski definition) is 3. The van der Waals surface area contributed by atoms with Crippen LogP contribution in [0.25, 0.3) is 22.2 Å². The van der Waals surface area contributed by atoms with Gasteiger partial charge < -0.3 is 0 Å². The molecule has 0 aliphatic heterocycles. The molecule has 1 aromatic heterocycles. The lowest BCUT2D eigenvalue weighted by atomic mass is 10.0. The van der Waals surface area contributed by atoms with E-state index in [4.69, 9.17) is 0 Å². The zero-order valence-electron chi connectivity index (χ0n) is 11.2. The highest BCUT2D eigenvalue weighted by Crippen LogP contribution is 2.25. The van der Waals surface area contributed by atoms with E-state index in [9.17, 15) is 12.3 Å². The molecule has 0 atom stereocenters. The van der Waals surface area contributed by atoms with Crippen LogP contribution in [0.15, 0.2) is 59.5 Å². The summed E-state index contributed by atoms with van der Waals surface area (Å²) in [6, 6.07) is 15.5. The van der Waals surface area contributed by atoms with Crippen LogP contribution in [0.3, 0.4) is 0 Å². The van der Waals surface area contributed by atoms with Gasteiger partial charge in [0.05, 0.1) is 16.1 Å². The third-order valence-electron chi connectivity index (χ3n) is 3.36. The van der Waals surface area contributed by atoms with Crippen molar-refractivity contribution in [3.05, 3.63) is 60.2 Å². The quantitative estimate of drug-likeness (QED) is 0.675. The number of nitrogens with zero attached hydrogens (tertiary/aromatic N) is 1. The first kappa shape index (κ1) is 13.7. The first-order chi connectivity index (χ1) is 9.95. The normalized spacial score (nSPS) is 11.7. The van der Waals surface area contributed by atoms with Crippen molar-refractivity contribution in [2.75, 3.05) is 0 Å². The molecule has 0 spiro atoms. The highest BCUT2D eigenvalue weighted by molar-refractivity contribution is 7.86. The minimum atomic E-state index is -4.69. The highest BCUT2D eigenvalue weighted by atomic mass is 32.3. The van der Waals surface area contributed by atoms with Gasteiger partial charge in [0.1, 0.15) is 0 Å². The van der Waals surface area contributed by atoms with Crippen LogP contribution in [0.4, 0.5) is 3.89 Å². The molecular formula is C16H12FNO2S. The third kappa shape index (κ3) is 2.64. The standard InChI is InChI=1S/C16H12FNO2S/c1-11-4-2-3-5-14(11)16-8-6-12-10-13(21(17,19)20)7-9-15(12)18-16/h2-10H,1H3. The fraction of sp³-hybridized carbons (Fsp3) is 0.0625. The maximum atomic E-state index is 13.0. The Morgan fingerprint density at radius 1 is 1.00 bits per heavy atom. The Labute approximate surface area is 122 Å². The topological polar surface area (TPSA) is 47.0 Å². The number of aromatic nitrogens is 1. The van der Waals surface area contributed by atoms with Gasteiger partial charge in [0.15, 0.2) is 0 Å². The molecule has 0 radical (unpaired) electrons. The van der Waals surface area contributed by atoms with Gasteiger partial charge in [-0.15, -0.1) is 3.89 Å². The van der Waals surface area contributed by atoms with Crippen LogP contribution in [-0.2, 0) is 10.2 Å². The summed E-state index contributed by atoms with van der Waals surface area (Å²) in [5.41, 5.74) is 3.55. The van der Waals surface area contributed by atoms with Gasteiger partial charge in [0.2, 0.25) is 0 Å². The van der Waals surface area contributed by atoms with E-state index in [1.54, 1.807) is 12.1 Å². The second-order valence-electron chi connectivity index (χ2n) is 4.80. The van der Waals surface area contributed by atoms with Gasteiger partial charge in [-0.25, -0.2) is 4.98 Å². The lowest BCUT2D eigenvalue weighted by molar-refractivity contribution is 0.552. The van der Waals surface area contributed by atoms with Crippen LogP contribution < -0.4 is 0 Å². The number of benzene rings is 2. The number of fused-ring (bicyclic) bond motifs is 1. The van der Waals surface area contributed by atoms with Crippen molar-refractivity contribution in [3.8, 4) is 11.3 Å². The molecule has 0 bridgehead atoms. The Hall–Kier alpha value is -2.27. The first-order valence-electron chi connectivity index (χ1n) is 6.37. The maximum absolute atomic E-state index is 13.0. The molecule has 3 nitrogen and oxygen atoms in total. The predicted molar refractivity (Wildman–Crippen MR) is 80.2 cm³/mol. The molecule has 0 aliphatic carbocycles. The Bertz CT molecular complexity index is 936. The number of aryl methyl sites for hydroxylation is 1. The second-order valence-corrected chi connectivity index (χ2v) is 6.15. The fourth-order valence-corrected chi connectivity index (χ4v) is 2.76. The molecule has 0 amide bonds. The van der Waals surface area contributed by atoms with Gasteiger partial charge in [-0.05, 0) is 36.8 Å². The summed E-state index contributed by atoms with van der Waals surface area (Å²) in [6.07, 6.45) is 0. The van der Waals surface area contributed by atoms with E-state index in [0.29, 0.717) is 10.9 Å². The summed E-state index contributed by atoms with van der Waals surface area (Å²) in [5, 5.41) is 0.589. The van der Waals surface area contributed by atoms with Crippen molar-refractivity contribution < 1.29 is 12.3 Å². The van der Waals surface area contributed by atoms with E-state index in [1.165, 1.54) is 18.2 Å². The molecular weight excluding hydrogens is 289 g/mol. The molecule has 3 rings (SSSR count). The number of rotatable bonds is 2. The van der Waals surface area contributed by atoms with Crippen LogP contribution in [0.5, 0.6) is 0 Å². The number of pyridine rings is 1. The summed E-state index contributed by atoms with van der Waals surface area (Å²) in [5.74, 6) is 0. The van der Waals surface area contributed by atoms with Gasteiger partial charge in [-0.2, -0.15) is 8.42 Å². The minimum absolute atomic E-state index is 0.347. The predicted octanol–water partition coefficient (Wildman–Crippen LogP) is 3.87. The molecule has 21 heavy (non-hydrogen) atoms. The van der Waals surface area contributed by atoms with E-state index in [1.807, 2.05) is 31.2 Å². The van der Waals surface area contributed by atoms with Gasteiger partial charge >= 0.3 is 10.2 Å². The Balaban J connectivity index is 2.16. The van der Waals surface area contributed by atoms with Crippen molar-refractivity contribution in [2.24, 2.45) is 0 Å². The third-order valence-corrected chi connectivity index (χ3v) is 4.18. The van der Waals surface area contributed by atoms with E-state index in [2.05, 4.69) is 4.98 Å². The van der Waals surface area contributed by atoms with E-state index in [-0.39, 0.29) is 4.90 Å². The Morgan fingerprint density at radius 3 is 2.48 bits per heavy atom. The van der Waals surface area contributed by atoms with Gasteiger partial charge in [0.25, 0.3) is 0 Å². The van der Waals surface area contributed by atoms with Crippen LogP contribution in [0, 0.1) is 6.92 Å². The molecule has 106 valence electrons. The lowest BCUT2D eigenvalue weighted by Gasteiger charge is -2.06. The van der Waals surface area contributed by atoms with Crippen molar-refractivity contribution in [3.63, 3.8) is 0 Å². The van der Waals surface area contributed by atoms with Crippen molar-refractivity contribution in [1.29, 1.82) is 0 Å². The molecule has 0 saturated carbocycles. The minimum Gasteiger partial charge on any atom is -0.248 e. The summed E-state index contributed by atoms with van der Waals surface area (Å²) in [7, 11) is -4.69. The van der Waals surface area contributed by atoms with Gasteiger partial charge in [0, 0.05) is 10.9 Å². The second kappa shape index (κ2) is 4.93. The monoisotopic (exact) mass is 301 g/mol. The fourth-order valence-electron chi connectivity index (χ4n) is 2.27. The molecule has 1 heterocycles. The summed E-state index contributed by atoms with van der Waals surface area (Å²) >= 11 is 0. The first-order valence-corrected chi connectivity index (χ1v) is 7.75. The lowest BCUT2D eigenvalue weighted by Crippen LogP contribution is -1.93. The van der Waals surface area contributed by atoms with Gasteiger partial charge in [-0.1, -0.05) is 30.3 Å². The average molecular weight is 301 g/mol. The molecule has 0 N–H and O–H groups in total. The average Bonchev–Trinajstić information content (AvgIpc) is 2.46. The van der Waals surface area contributed by atoms with E-state index < -0.39 is 10.2 Å². The highest BCUT2D eigenvalue weighted by Gasteiger charge is 2.12. The molecule has 0 aliphatic rings. The van der Waals surface area contributed by atoms with Gasteiger partial charge in [-0.3, -0.25) is 0 Å². The van der Waals surface area contributed by atoms with Crippen molar-refractivity contribution >= 4 is 21.1 Å². The van der Waals surface area contributed by atoms with Crippen molar-refractivity contribution in [2.45, 2.75) is 11.8 Å². The van der Waals surface area contributed by atoms with E-state index >= 15 is 0 Å². The molecule has 0 saturated heterocycles. The summed E-state index contributed by atoms with van der Waals surface area (Å²) in [6.45, 7) is 2.00. The summed E-state index contributed by atoms with van der Waals surface area (Å²) < 4.78 is 34.8. The Kier molecular flexibility index (Phi) is 3.22. The molecule has 0 unspecified atom stereocenters. The van der Waals surface area contributed by atoms with Crippen LogP contribution in [-0.4, -0.2) is 13.4 Å². The molecule has 2 aromatic carbocycles.